The monoisotopic (exact) mass is 368 g/mol. The molecule has 0 spiro atoms. The van der Waals surface area contributed by atoms with Gasteiger partial charge < -0.3 is 9.26 Å². The zero-order valence-corrected chi connectivity index (χ0v) is 15.0. The van der Waals surface area contributed by atoms with Crippen LogP contribution in [0.4, 0.5) is 4.39 Å². The largest absolute Gasteiger partial charge is 0.381 e. The Labute approximate surface area is 146 Å². The van der Waals surface area contributed by atoms with Gasteiger partial charge >= 0.3 is 0 Å². The molecule has 8 heteroatoms. The molecule has 1 saturated heterocycles. The van der Waals surface area contributed by atoms with Crippen molar-refractivity contribution in [3.05, 3.63) is 47.1 Å². The molecule has 6 nitrogen and oxygen atoms in total. The molecule has 0 radical (unpaired) electrons. The fourth-order valence-electron chi connectivity index (χ4n) is 3.31. The highest BCUT2D eigenvalue weighted by atomic mass is 32.2. The first kappa shape index (κ1) is 18.0. The lowest BCUT2D eigenvalue weighted by Gasteiger charge is -2.37. The van der Waals surface area contributed by atoms with Crippen LogP contribution in [0.2, 0.25) is 0 Å². The molecule has 1 aromatic carbocycles. The van der Waals surface area contributed by atoms with Crippen LogP contribution in [0.15, 0.2) is 33.7 Å². The maximum atomic E-state index is 13.7. The van der Waals surface area contributed by atoms with Gasteiger partial charge in [-0.1, -0.05) is 17.3 Å². The van der Waals surface area contributed by atoms with Crippen molar-refractivity contribution < 1.29 is 22.1 Å². The lowest BCUT2D eigenvalue weighted by Crippen LogP contribution is -2.44. The molecule has 0 amide bonds. The fraction of sp³-hybridized carbons (Fsp3) is 0.471. The van der Waals surface area contributed by atoms with E-state index in [2.05, 4.69) is 9.88 Å². The number of sulfonamides is 1. The van der Waals surface area contributed by atoms with Crippen molar-refractivity contribution in [3.8, 4) is 0 Å². The third-order valence-corrected chi connectivity index (χ3v) is 6.37. The molecule has 0 bridgehead atoms. The summed E-state index contributed by atoms with van der Waals surface area (Å²) < 4.78 is 52.2. The maximum Gasteiger partial charge on any atom is 0.245 e. The molecule has 0 unspecified atom stereocenters. The summed E-state index contributed by atoms with van der Waals surface area (Å²) in [6.45, 7) is 4.31. The second-order valence-corrected chi connectivity index (χ2v) is 8.08. The van der Waals surface area contributed by atoms with Gasteiger partial charge in [-0.25, -0.2) is 17.5 Å². The molecule has 1 aromatic heterocycles. The maximum absolute atomic E-state index is 13.7. The number of halogens is 1. The van der Waals surface area contributed by atoms with Crippen molar-refractivity contribution >= 4 is 10.0 Å². The number of ether oxygens (including phenoxy) is 1. The molecular formula is C17H21FN2O4S. The molecule has 3 rings (SSSR count). The molecule has 136 valence electrons. The third kappa shape index (κ3) is 3.61. The summed E-state index contributed by atoms with van der Waals surface area (Å²) in [6, 6.07) is 6.32. The molecule has 1 aliphatic heterocycles. The van der Waals surface area contributed by atoms with Crippen molar-refractivity contribution in [2.24, 2.45) is 0 Å². The van der Waals surface area contributed by atoms with Crippen LogP contribution in [0.1, 0.15) is 29.9 Å². The van der Waals surface area contributed by atoms with Gasteiger partial charge in [0.05, 0.1) is 0 Å². The van der Waals surface area contributed by atoms with Gasteiger partial charge in [0.15, 0.2) is 5.76 Å². The molecule has 0 saturated carbocycles. The lowest BCUT2D eigenvalue weighted by molar-refractivity contribution is 0.0516. The predicted octanol–water partition coefficient (Wildman–Crippen LogP) is 2.46. The summed E-state index contributed by atoms with van der Waals surface area (Å²) >= 11 is 0. The number of benzene rings is 1. The van der Waals surface area contributed by atoms with E-state index >= 15 is 0 Å². The Balaban J connectivity index is 1.89. The van der Waals surface area contributed by atoms with Crippen LogP contribution >= 0.6 is 0 Å². The van der Waals surface area contributed by atoms with Crippen molar-refractivity contribution in [3.63, 3.8) is 0 Å². The van der Waals surface area contributed by atoms with E-state index in [4.69, 9.17) is 9.26 Å². The average Bonchev–Trinajstić information content (AvgIpc) is 2.93. The highest BCUT2D eigenvalue weighted by Gasteiger charge is 2.37. The predicted molar refractivity (Wildman–Crippen MR) is 89.3 cm³/mol. The minimum absolute atomic E-state index is 0.0638. The van der Waals surface area contributed by atoms with Crippen LogP contribution in [-0.2, 0) is 20.2 Å². The first-order chi connectivity index (χ1) is 11.8. The minimum Gasteiger partial charge on any atom is -0.381 e. The van der Waals surface area contributed by atoms with E-state index in [0.717, 1.165) is 5.56 Å². The number of hydrogen-bond donors (Lipinski definition) is 1. The Kier molecular flexibility index (Phi) is 4.95. The highest BCUT2D eigenvalue weighted by Crippen LogP contribution is 2.35. The topological polar surface area (TPSA) is 81.4 Å². The van der Waals surface area contributed by atoms with Crippen LogP contribution in [0.3, 0.4) is 0 Å². The Hall–Kier alpha value is -1.77. The van der Waals surface area contributed by atoms with Crippen molar-refractivity contribution in [2.75, 3.05) is 19.8 Å². The number of nitrogens with one attached hydrogen (secondary N) is 1. The summed E-state index contributed by atoms with van der Waals surface area (Å²) in [4.78, 5) is 0.0638. The van der Waals surface area contributed by atoms with Gasteiger partial charge in [0.25, 0.3) is 0 Å². The van der Waals surface area contributed by atoms with E-state index < -0.39 is 15.4 Å². The Morgan fingerprint density at radius 2 is 2.00 bits per heavy atom. The van der Waals surface area contributed by atoms with E-state index in [1.165, 1.54) is 12.1 Å². The quantitative estimate of drug-likeness (QED) is 0.877. The highest BCUT2D eigenvalue weighted by molar-refractivity contribution is 7.89. The van der Waals surface area contributed by atoms with Crippen molar-refractivity contribution in [1.82, 2.24) is 9.88 Å². The van der Waals surface area contributed by atoms with Crippen LogP contribution in [-0.4, -0.2) is 33.3 Å². The molecule has 1 fully saturated rings. The molecule has 2 heterocycles. The second kappa shape index (κ2) is 6.86. The summed E-state index contributed by atoms with van der Waals surface area (Å²) in [6.07, 6.45) is 1.22. The molecule has 0 atom stereocenters. The van der Waals surface area contributed by atoms with Gasteiger partial charge in [-0.2, -0.15) is 0 Å². The van der Waals surface area contributed by atoms with Crippen molar-refractivity contribution in [2.45, 2.75) is 37.0 Å². The van der Waals surface area contributed by atoms with E-state index in [9.17, 15) is 12.8 Å². The van der Waals surface area contributed by atoms with Crippen LogP contribution in [0, 0.1) is 19.7 Å². The van der Waals surface area contributed by atoms with Gasteiger partial charge in [-0.05, 0) is 44.4 Å². The average molecular weight is 368 g/mol. The standard InChI is InChI=1S/C17H21FN2O4S/c1-12-16(13(2)24-20-12)25(21,22)19-11-17(6-8-23-9-7-17)14-4-3-5-15(18)10-14/h3-5,10,19H,6-9,11H2,1-2H3. The van der Waals surface area contributed by atoms with Gasteiger partial charge in [-0.15, -0.1) is 0 Å². The summed E-state index contributed by atoms with van der Waals surface area (Å²) in [5, 5.41) is 3.70. The molecule has 1 N–H and O–H groups in total. The fourth-order valence-corrected chi connectivity index (χ4v) is 4.76. The molecule has 0 aliphatic carbocycles. The molecular weight excluding hydrogens is 347 g/mol. The SMILES string of the molecule is Cc1noc(C)c1S(=O)(=O)NCC1(c2cccc(F)c2)CCOCC1. The minimum atomic E-state index is -3.77. The van der Waals surface area contributed by atoms with E-state index in [1.807, 2.05) is 6.07 Å². The van der Waals surface area contributed by atoms with E-state index in [-0.39, 0.29) is 23.0 Å². The number of hydrogen-bond acceptors (Lipinski definition) is 5. The Morgan fingerprint density at radius 1 is 1.28 bits per heavy atom. The normalized spacial score (nSPS) is 17.6. The molecule has 25 heavy (non-hydrogen) atoms. The Morgan fingerprint density at radius 3 is 2.60 bits per heavy atom. The summed E-state index contributed by atoms with van der Waals surface area (Å²) in [5.74, 6) is -0.0891. The first-order valence-corrected chi connectivity index (χ1v) is 9.59. The Bertz CT molecular complexity index is 838. The third-order valence-electron chi connectivity index (χ3n) is 4.72. The van der Waals surface area contributed by atoms with Crippen LogP contribution in [0.25, 0.3) is 0 Å². The van der Waals surface area contributed by atoms with Gasteiger partial charge in [0.1, 0.15) is 16.4 Å². The van der Waals surface area contributed by atoms with Gasteiger partial charge in [0, 0.05) is 25.2 Å². The first-order valence-electron chi connectivity index (χ1n) is 8.10. The molecule has 1 aliphatic rings. The summed E-state index contributed by atoms with van der Waals surface area (Å²) in [5.41, 5.74) is 0.584. The zero-order valence-electron chi connectivity index (χ0n) is 14.2. The van der Waals surface area contributed by atoms with Crippen molar-refractivity contribution in [1.29, 1.82) is 0 Å². The number of nitrogens with zero attached hydrogens (tertiary/aromatic N) is 1. The van der Waals surface area contributed by atoms with E-state index in [0.29, 0.717) is 31.7 Å². The number of aryl methyl sites for hydroxylation is 2. The number of aromatic nitrogens is 1. The second-order valence-electron chi connectivity index (χ2n) is 6.38. The van der Waals surface area contributed by atoms with Crippen LogP contribution in [0.5, 0.6) is 0 Å². The zero-order chi connectivity index (χ0) is 18.1. The van der Waals surface area contributed by atoms with Gasteiger partial charge in [0.2, 0.25) is 10.0 Å². The molecule has 2 aromatic rings. The summed E-state index contributed by atoms with van der Waals surface area (Å²) in [7, 11) is -3.77. The smallest absolute Gasteiger partial charge is 0.245 e. The van der Waals surface area contributed by atoms with Crippen LogP contribution < -0.4 is 4.72 Å². The van der Waals surface area contributed by atoms with E-state index in [1.54, 1.807) is 19.9 Å². The number of rotatable bonds is 5. The van der Waals surface area contributed by atoms with Gasteiger partial charge in [-0.3, -0.25) is 0 Å². The lowest BCUT2D eigenvalue weighted by atomic mass is 9.74.